The Bertz CT molecular complexity index is 443. The number of carbonyl (C=O) groups is 1. The third-order valence-corrected chi connectivity index (χ3v) is 3.62. The van der Waals surface area contributed by atoms with Gasteiger partial charge in [-0.25, -0.2) is 0 Å². The Labute approximate surface area is 130 Å². The van der Waals surface area contributed by atoms with Crippen LogP contribution in [0.3, 0.4) is 0 Å². The largest absolute Gasteiger partial charge is 0.482 e. The second-order valence-electron chi connectivity index (χ2n) is 4.78. The first-order valence-electron chi connectivity index (χ1n) is 6.57. The lowest BCUT2D eigenvalue weighted by Gasteiger charge is -2.30. The highest BCUT2D eigenvalue weighted by atomic mass is 35.5. The maximum Gasteiger partial charge on any atom is 0.258 e. The molecule has 0 bridgehead atoms. The van der Waals surface area contributed by atoms with Crippen LogP contribution in [-0.4, -0.2) is 31.1 Å². The number of hydrogen-bond donors (Lipinski definition) is 2. The number of rotatable bonds is 4. The second kappa shape index (κ2) is 8.35. The summed E-state index contributed by atoms with van der Waals surface area (Å²) in [5.74, 6) is 0.426. The number of piperidine rings is 1. The van der Waals surface area contributed by atoms with E-state index in [-0.39, 0.29) is 31.0 Å². The fourth-order valence-corrected chi connectivity index (χ4v) is 2.38. The molecule has 0 radical (unpaired) electrons. The van der Waals surface area contributed by atoms with E-state index in [1.807, 2.05) is 12.1 Å². The Morgan fingerprint density at radius 1 is 1.50 bits per heavy atom. The zero-order valence-corrected chi connectivity index (χ0v) is 13.0. The number of ether oxygens (including phenoxy) is 1. The fraction of sp³-hybridized carbons (Fsp3) is 0.500. The highest BCUT2D eigenvalue weighted by molar-refractivity contribution is 6.32. The predicted octanol–water partition coefficient (Wildman–Crippen LogP) is 2.40. The lowest BCUT2D eigenvalue weighted by Crippen LogP contribution is -2.52. The number of para-hydroxylation sites is 1. The molecule has 6 heteroatoms. The average Bonchev–Trinajstić information content (AvgIpc) is 2.40. The second-order valence-corrected chi connectivity index (χ2v) is 5.19. The number of amides is 1. The van der Waals surface area contributed by atoms with E-state index in [1.165, 1.54) is 0 Å². The van der Waals surface area contributed by atoms with Crippen molar-refractivity contribution in [3.63, 3.8) is 0 Å². The van der Waals surface area contributed by atoms with Crippen molar-refractivity contribution in [2.24, 2.45) is 0 Å². The molecule has 4 nitrogen and oxygen atoms in total. The lowest BCUT2D eigenvalue weighted by molar-refractivity contribution is -0.124. The lowest BCUT2D eigenvalue weighted by atomic mass is 10.00. The SMILES string of the molecule is CC1NCCCC1NC(=O)COc1ccccc1Cl.Cl. The summed E-state index contributed by atoms with van der Waals surface area (Å²) < 4.78 is 5.41. The predicted molar refractivity (Wildman–Crippen MR) is 82.8 cm³/mol. The van der Waals surface area contributed by atoms with E-state index in [9.17, 15) is 4.79 Å². The van der Waals surface area contributed by atoms with Gasteiger partial charge >= 0.3 is 0 Å². The molecule has 0 saturated carbocycles. The van der Waals surface area contributed by atoms with Crippen molar-refractivity contribution in [2.75, 3.05) is 13.2 Å². The molecule has 0 aromatic heterocycles. The topological polar surface area (TPSA) is 50.4 Å². The highest BCUT2D eigenvalue weighted by Crippen LogP contribution is 2.22. The van der Waals surface area contributed by atoms with Gasteiger partial charge in [-0.3, -0.25) is 4.79 Å². The molecule has 2 atom stereocenters. The van der Waals surface area contributed by atoms with Crippen molar-refractivity contribution in [1.29, 1.82) is 0 Å². The molecule has 0 spiro atoms. The normalized spacial score (nSPS) is 21.7. The fourth-order valence-electron chi connectivity index (χ4n) is 2.19. The summed E-state index contributed by atoms with van der Waals surface area (Å²) >= 11 is 5.96. The molecule has 0 aliphatic carbocycles. The Balaban J connectivity index is 0.00000200. The smallest absolute Gasteiger partial charge is 0.258 e. The van der Waals surface area contributed by atoms with Crippen molar-refractivity contribution in [1.82, 2.24) is 10.6 Å². The zero-order chi connectivity index (χ0) is 13.7. The summed E-state index contributed by atoms with van der Waals surface area (Å²) in [7, 11) is 0. The molecule has 1 amide bonds. The van der Waals surface area contributed by atoms with Gasteiger partial charge in [-0.05, 0) is 38.4 Å². The summed E-state index contributed by atoms with van der Waals surface area (Å²) in [6.45, 7) is 3.09. The maximum atomic E-state index is 11.8. The minimum Gasteiger partial charge on any atom is -0.482 e. The molecular weight excluding hydrogens is 299 g/mol. The molecule has 1 aromatic rings. The number of halogens is 2. The molecule has 1 saturated heterocycles. The Morgan fingerprint density at radius 2 is 2.25 bits per heavy atom. The quantitative estimate of drug-likeness (QED) is 0.896. The van der Waals surface area contributed by atoms with E-state index in [0.717, 1.165) is 19.4 Å². The van der Waals surface area contributed by atoms with Crippen LogP contribution in [0.2, 0.25) is 5.02 Å². The molecule has 112 valence electrons. The van der Waals surface area contributed by atoms with Gasteiger partial charge in [-0.15, -0.1) is 12.4 Å². The van der Waals surface area contributed by atoms with Crippen LogP contribution in [0.15, 0.2) is 24.3 Å². The van der Waals surface area contributed by atoms with Gasteiger partial charge in [0.25, 0.3) is 5.91 Å². The molecule has 1 aliphatic heterocycles. The van der Waals surface area contributed by atoms with E-state index in [0.29, 0.717) is 16.8 Å². The van der Waals surface area contributed by atoms with Gasteiger partial charge < -0.3 is 15.4 Å². The van der Waals surface area contributed by atoms with Gasteiger partial charge in [0.05, 0.1) is 5.02 Å². The van der Waals surface area contributed by atoms with Gasteiger partial charge in [0.15, 0.2) is 6.61 Å². The van der Waals surface area contributed by atoms with Crippen LogP contribution >= 0.6 is 24.0 Å². The standard InChI is InChI=1S/C14H19ClN2O2.ClH/c1-10-12(6-4-8-16-10)17-14(18)9-19-13-7-3-2-5-11(13)15;/h2-3,5,7,10,12,16H,4,6,8-9H2,1H3,(H,17,18);1H. The van der Waals surface area contributed by atoms with Crippen molar-refractivity contribution < 1.29 is 9.53 Å². The molecular formula is C14H20Cl2N2O2. The summed E-state index contributed by atoms with van der Waals surface area (Å²) in [6.07, 6.45) is 2.09. The van der Waals surface area contributed by atoms with Crippen LogP contribution in [0.1, 0.15) is 19.8 Å². The first-order chi connectivity index (χ1) is 9.16. The molecule has 1 fully saturated rings. The van der Waals surface area contributed by atoms with E-state index in [4.69, 9.17) is 16.3 Å². The average molecular weight is 319 g/mol. The monoisotopic (exact) mass is 318 g/mol. The van der Waals surface area contributed by atoms with E-state index in [2.05, 4.69) is 17.6 Å². The van der Waals surface area contributed by atoms with Crippen molar-refractivity contribution in [2.45, 2.75) is 31.8 Å². The summed E-state index contributed by atoms with van der Waals surface area (Å²) in [6, 6.07) is 7.62. The Kier molecular flexibility index (Phi) is 7.13. The first kappa shape index (κ1) is 17.1. The van der Waals surface area contributed by atoms with Gasteiger partial charge in [0, 0.05) is 12.1 Å². The molecule has 1 heterocycles. The van der Waals surface area contributed by atoms with Crippen LogP contribution in [0.4, 0.5) is 0 Å². The van der Waals surface area contributed by atoms with Crippen molar-refractivity contribution in [3.8, 4) is 5.75 Å². The van der Waals surface area contributed by atoms with Gasteiger partial charge in [-0.1, -0.05) is 23.7 Å². The molecule has 2 N–H and O–H groups in total. The number of carbonyl (C=O) groups excluding carboxylic acids is 1. The van der Waals surface area contributed by atoms with Crippen LogP contribution < -0.4 is 15.4 Å². The van der Waals surface area contributed by atoms with Crippen LogP contribution in [0.5, 0.6) is 5.75 Å². The number of hydrogen-bond acceptors (Lipinski definition) is 3. The third kappa shape index (κ3) is 4.85. The zero-order valence-electron chi connectivity index (χ0n) is 11.4. The van der Waals surface area contributed by atoms with Crippen LogP contribution in [0, 0.1) is 0 Å². The summed E-state index contributed by atoms with van der Waals surface area (Å²) in [4.78, 5) is 11.8. The van der Waals surface area contributed by atoms with E-state index in [1.54, 1.807) is 12.1 Å². The van der Waals surface area contributed by atoms with Gasteiger partial charge in [0.2, 0.25) is 0 Å². The van der Waals surface area contributed by atoms with Gasteiger partial charge in [0.1, 0.15) is 5.75 Å². The molecule has 2 rings (SSSR count). The van der Waals surface area contributed by atoms with E-state index >= 15 is 0 Å². The number of nitrogens with one attached hydrogen (secondary N) is 2. The summed E-state index contributed by atoms with van der Waals surface area (Å²) in [5.41, 5.74) is 0. The molecule has 1 aliphatic rings. The molecule has 1 aromatic carbocycles. The van der Waals surface area contributed by atoms with E-state index < -0.39 is 0 Å². The van der Waals surface area contributed by atoms with Gasteiger partial charge in [-0.2, -0.15) is 0 Å². The Hall–Kier alpha value is -0.970. The van der Waals surface area contributed by atoms with Crippen LogP contribution in [0.25, 0.3) is 0 Å². The Morgan fingerprint density at radius 3 is 2.95 bits per heavy atom. The van der Waals surface area contributed by atoms with Crippen molar-refractivity contribution in [3.05, 3.63) is 29.3 Å². The number of benzene rings is 1. The maximum absolute atomic E-state index is 11.8. The summed E-state index contributed by atoms with van der Waals surface area (Å²) in [5, 5.41) is 6.85. The molecule has 2 unspecified atom stereocenters. The van der Waals surface area contributed by atoms with Crippen LogP contribution in [-0.2, 0) is 4.79 Å². The third-order valence-electron chi connectivity index (χ3n) is 3.30. The molecule has 20 heavy (non-hydrogen) atoms. The first-order valence-corrected chi connectivity index (χ1v) is 6.94. The highest BCUT2D eigenvalue weighted by Gasteiger charge is 2.22. The minimum atomic E-state index is -0.111. The minimum absolute atomic E-state index is 0. The van der Waals surface area contributed by atoms with Crippen molar-refractivity contribution >= 4 is 29.9 Å².